The van der Waals surface area contributed by atoms with Crippen LogP contribution in [0.4, 0.5) is 11.8 Å². The van der Waals surface area contributed by atoms with Crippen molar-refractivity contribution in [3.05, 3.63) is 6.20 Å². The van der Waals surface area contributed by atoms with E-state index in [-0.39, 0.29) is 5.91 Å². The van der Waals surface area contributed by atoms with Crippen LogP contribution in [-0.4, -0.2) is 57.7 Å². The largest absolute Gasteiger partial charge is 0.369 e. The monoisotopic (exact) mass is 289 g/mol. The molecule has 0 aromatic carbocycles. The predicted octanol–water partition coefficient (Wildman–Crippen LogP) is 0.819. The number of amides is 1. The predicted molar refractivity (Wildman–Crippen MR) is 80.2 cm³/mol. The van der Waals surface area contributed by atoms with Crippen LogP contribution in [-0.2, 0) is 4.79 Å². The minimum Gasteiger partial charge on any atom is -0.369 e. The second kappa shape index (κ2) is 5.94. The van der Waals surface area contributed by atoms with Crippen LogP contribution in [0.3, 0.4) is 0 Å². The number of anilines is 2. The highest BCUT2D eigenvalue weighted by atomic mass is 16.2. The number of nitrogens with zero attached hydrogens (tertiary/aromatic N) is 4. The number of aromatic nitrogens is 4. The number of likely N-dealkylation sites (tertiary alicyclic amines) is 1. The summed E-state index contributed by atoms with van der Waals surface area (Å²) in [5.41, 5.74) is 0.669. The van der Waals surface area contributed by atoms with E-state index in [1.807, 2.05) is 4.90 Å². The Bertz CT molecular complexity index is 632. The number of rotatable bonds is 5. The number of hydrogen-bond donors (Lipinski definition) is 3. The highest BCUT2D eigenvalue weighted by Gasteiger charge is 2.17. The highest BCUT2D eigenvalue weighted by Crippen LogP contribution is 2.19. The number of nitrogens with one attached hydrogen (secondary N) is 3. The first-order valence-electron chi connectivity index (χ1n) is 7.18. The van der Waals surface area contributed by atoms with Gasteiger partial charge in [-0.15, -0.1) is 0 Å². The second-order valence-electron chi connectivity index (χ2n) is 5.04. The van der Waals surface area contributed by atoms with Crippen molar-refractivity contribution in [2.24, 2.45) is 0 Å². The van der Waals surface area contributed by atoms with Crippen LogP contribution in [0, 0.1) is 0 Å². The van der Waals surface area contributed by atoms with E-state index in [1.165, 1.54) is 0 Å². The number of aromatic amines is 1. The summed E-state index contributed by atoms with van der Waals surface area (Å²) in [6.07, 6.45) is 4.39. The Morgan fingerprint density at radius 2 is 2.19 bits per heavy atom. The van der Waals surface area contributed by atoms with Gasteiger partial charge in [0.25, 0.3) is 0 Å². The second-order valence-corrected chi connectivity index (χ2v) is 5.04. The molecule has 1 fully saturated rings. The Kier molecular flexibility index (Phi) is 3.85. The quantitative estimate of drug-likeness (QED) is 0.753. The van der Waals surface area contributed by atoms with Gasteiger partial charge in [-0.3, -0.25) is 9.89 Å². The van der Waals surface area contributed by atoms with Crippen molar-refractivity contribution >= 4 is 28.7 Å². The molecule has 2 aromatic rings. The molecule has 1 saturated heterocycles. The Labute approximate surface area is 122 Å². The van der Waals surface area contributed by atoms with E-state index in [9.17, 15) is 4.79 Å². The maximum absolute atomic E-state index is 12.0. The maximum Gasteiger partial charge on any atom is 0.226 e. The van der Waals surface area contributed by atoms with Gasteiger partial charge in [-0.2, -0.15) is 15.1 Å². The van der Waals surface area contributed by atoms with Crippen LogP contribution in [0.25, 0.3) is 11.0 Å². The molecule has 112 valence electrons. The lowest BCUT2D eigenvalue weighted by Gasteiger charge is -2.15. The first kappa shape index (κ1) is 13.6. The topological polar surface area (TPSA) is 98.8 Å². The van der Waals surface area contributed by atoms with E-state index in [0.717, 1.165) is 31.3 Å². The third kappa shape index (κ3) is 2.88. The van der Waals surface area contributed by atoms with Gasteiger partial charge >= 0.3 is 0 Å². The molecule has 0 bridgehead atoms. The molecule has 0 saturated carbocycles. The number of carbonyl (C=O) groups is 1. The third-order valence-corrected chi connectivity index (χ3v) is 3.62. The summed E-state index contributed by atoms with van der Waals surface area (Å²) in [6, 6.07) is 0. The summed E-state index contributed by atoms with van der Waals surface area (Å²) in [4.78, 5) is 22.6. The molecule has 0 spiro atoms. The Morgan fingerprint density at radius 3 is 2.95 bits per heavy atom. The average molecular weight is 289 g/mol. The Morgan fingerprint density at radius 1 is 1.38 bits per heavy atom. The van der Waals surface area contributed by atoms with E-state index in [4.69, 9.17) is 0 Å². The van der Waals surface area contributed by atoms with Gasteiger partial charge in [0.15, 0.2) is 5.65 Å². The van der Waals surface area contributed by atoms with Crippen molar-refractivity contribution in [1.29, 1.82) is 0 Å². The number of hydrogen-bond acceptors (Lipinski definition) is 6. The first-order chi connectivity index (χ1) is 10.3. The molecule has 1 aliphatic heterocycles. The van der Waals surface area contributed by atoms with E-state index < -0.39 is 0 Å². The molecule has 3 N–H and O–H groups in total. The first-order valence-corrected chi connectivity index (χ1v) is 7.18. The van der Waals surface area contributed by atoms with E-state index in [1.54, 1.807) is 13.2 Å². The minimum atomic E-state index is 0.200. The Balaban J connectivity index is 1.64. The van der Waals surface area contributed by atoms with E-state index in [0.29, 0.717) is 30.4 Å². The average Bonchev–Trinajstić information content (AvgIpc) is 3.17. The van der Waals surface area contributed by atoms with Crippen LogP contribution in [0.5, 0.6) is 0 Å². The maximum atomic E-state index is 12.0. The van der Waals surface area contributed by atoms with Crippen LogP contribution in [0.1, 0.15) is 19.3 Å². The van der Waals surface area contributed by atoms with Crippen LogP contribution in [0.2, 0.25) is 0 Å². The molecule has 1 aliphatic rings. The van der Waals surface area contributed by atoms with Gasteiger partial charge < -0.3 is 15.5 Å². The summed E-state index contributed by atoms with van der Waals surface area (Å²) in [5, 5.41) is 13.7. The lowest BCUT2D eigenvalue weighted by atomic mass is 10.3. The normalized spacial score (nSPS) is 14.6. The zero-order chi connectivity index (χ0) is 14.7. The molecule has 1 amide bonds. The zero-order valence-corrected chi connectivity index (χ0v) is 12.0. The standard InChI is InChI=1S/C13H19N7O/c1-14-13-17-11(9-8-16-19-12(9)18-13)15-5-4-10(21)20-6-2-3-7-20/h8H,2-7H2,1H3,(H3,14,15,16,17,18,19). The molecule has 8 heteroatoms. The van der Waals surface area contributed by atoms with Gasteiger partial charge in [-0.25, -0.2) is 0 Å². The molecular weight excluding hydrogens is 270 g/mol. The van der Waals surface area contributed by atoms with Crippen molar-refractivity contribution in [1.82, 2.24) is 25.1 Å². The van der Waals surface area contributed by atoms with Crippen LogP contribution >= 0.6 is 0 Å². The molecular formula is C13H19N7O. The highest BCUT2D eigenvalue weighted by molar-refractivity contribution is 5.87. The summed E-state index contributed by atoms with van der Waals surface area (Å²) < 4.78 is 0. The molecule has 0 unspecified atom stereocenters. The molecule has 3 heterocycles. The van der Waals surface area contributed by atoms with Crippen molar-refractivity contribution in [3.63, 3.8) is 0 Å². The van der Waals surface area contributed by atoms with Gasteiger partial charge in [-0.05, 0) is 12.8 Å². The summed E-state index contributed by atoms with van der Waals surface area (Å²) in [6.45, 7) is 2.33. The van der Waals surface area contributed by atoms with Gasteiger partial charge in [0.05, 0.1) is 11.6 Å². The molecule has 2 aromatic heterocycles. The van der Waals surface area contributed by atoms with Crippen molar-refractivity contribution < 1.29 is 4.79 Å². The minimum absolute atomic E-state index is 0.200. The fourth-order valence-electron chi connectivity index (χ4n) is 2.49. The van der Waals surface area contributed by atoms with Gasteiger partial charge in [-0.1, -0.05) is 0 Å². The van der Waals surface area contributed by atoms with Gasteiger partial charge in [0, 0.05) is 33.1 Å². The zero-order valence-electron chi connectivity index (χ0n) is 12.0. The third-order valence-electron chi connectivity index (χ3n) is 3.62. The molecule has 0 atom stereocenters. The number of H-pyrrole nitrogens is 1. The lowest BCUT2D eigenvalue weighted by Crippen LogP contribution is -2.29. The Hall–Kier alpha value is -2.38. The van der Waals surface area contributed by atoms with Crippen molar-refractivity contribution in [2.75, 3.05) is 37.3 Å². The summed E-state index contributed by atoms with van der Waals surface area (Å²) >= 11 is 0. The number of carbonyl (C=O) groups excluding carboxylic acids is 1. The van der Waals surface area contributed by atoms with Crippen molar-refractivity contribution in [2.45, 2.75) is 19.3 Å². The molecule has 0 radical (unpaired) electrons. The van der Waals surface area contributed by atoms with Crippen molar-refractivity contribution in [3.8, 4) is 0 Å². The fraction of sp³-hybridized carbons (Fsp3) is 0.538. The summed E-state index contributed by atoms with van der Waals surface area (Å²) in [7, 11) is 1.76. The van der Waals surface area contributed by atoms with Crippen LogP contribution < -0.4 is 10.6 Å². The van der Waals surface area contributed by atoms with Gasteiger partial charge in [0.2, 0.25) is 11.9 Å². The van der Waals surface area contributed by atoms with E-state index in [2.05, 4.69) is 30.8 Å². The van der Waals surface area contributed by atoms with Crippen LogP contribution in [0.15, 0.2) is 6.20 Å². The fourth-order valence-corrected chi connectivity index (χ4v) is 2.49. The SMILES string of the molecule is CNc1nc(NCCC(=O)N2CCCC2)c2cn[nH]c2n1. The molecule has 0 aliphatic carbocycles. The number of fused-ring (bicyclic) bond motifs is 1. The summed E-state index contributed by atoms with van der Waals surface area (Å²) in [5.74, 6) is 1.40. The smallest absolute Gasteiger partial charge is 0.226 e. The van der Waals surface area contributed by atoms with E-state index >= 15 is 0 Å². The molecule has 8 nitrogen and oxygen atoms in total. The van der Waals surface area contributed by atoms with Gasteiger partial charge in [0.1, 0.15) is 5.82 Å². The molecule has 21 heavy (non-hydrogen) atoms. The lowest BCUT2D eigenvalue weighted by molar-refractivity contribution is -0.129. The molecule has 3 rings (SSSR count).